The van der Waals surface area contributed by atoms with Crippen LogP contribution in [0.15, 0.2) is 36.5 Å². The van der Waals surface area contributed by atoms with Gasteiger partial charge in [-0.25, -0.2) is 4.98 Å². The van der Waals surface area contributed by atoms with Gasteiger partial charge in [0.2, 0.25) is 0 Å². The summed E-state index contributed by atoms with van der Waals surface area (Å²) in [6.45, 7) is 0. The number of nitrogens with zero attached hydrogens (tertiary/aromatic N) is 1. The van der Waals surface area contributed by atoms with E-state index >= 15 is 0 Å². The van der Waals surface area contributed by atoms with Crippen molar-refractivity contribution in [3.63, 3.8) is 0 Å². The number of para-hydroxylation sites is 1. The van der Waals surface area contributed by atoms with Crippen LogP contribution in [-0.2, 0) is 0 Å². The summed E-state index contributed by atoms with van der Waals surface area (Å²) in [7, 11) is 0. The maximum absolute atomic E-state index is 6.04. The van der Waals surface area contributed by atoms with Crippen LogP contribution in [0.5, 0.6) is 0 Å². The van der Waals surface area contributed by atoms with Crippen LogP contribution in [0.25, 0.3) is 21.8 Å². The lowest BCUT2D eigenvalue weighted by Crippen LogP contribution is -1.81. The van der Waals surface area contributed by atoms with Gasteiger partial charge in [0.1, 0.15) is 0 Å². The van der Waals surface area contributed by atoms with E-state index in [2.05, 4.69) is 16.0 Å². The molecular formula is C11H7ClN2. The summed E-state index contributed by atoms with van der Waals surface area (Å²) in [6, 6.07) is 10.0. The van der Waals surface area contributed by atoms with E-state index in [0.717, 1.165) is 21.8 Å². The highest BCUT2D eigenvalue weighted by atomic mass is 35.5. The summed E-state index contributed by atoms with van der Waals surface area (Å²) in [5.41, 5.74) is 1.84. The summed E-state index contributed by atoms with van der Waals surface area (Å²) < 4.78 is 0. The quantitative estimate of drug-likeness (QED) is 0.557. The summed E-state index contributed by atoms with van der Waals surface area (Å²) in [5, 5.41) is 2.79. The molecule has 14 heavy (non-hydrogen) atoms. The molecular weight excluding hydrogens is 196 g/mol. The summed E-state index contributed by atoms with van der Waals surface area (Å²) in [4.78, 5) is 7.40. The highest BCUT2D eigenvalue weighted by molar-refractivity contribution is 6.35. The topological polar surface area (TPSA) is 28.7 Å². The van der Waals surface area contributed by atoms with Gasteiger partial charge in [0.05, 0.1) is 11.0 Å². The lowest BCUT2D eigenvalue weighted by Gasteiger charge is -1.99. The fourth-order valence-electron chi connectivity index (χ4n) is 1.73. The smallest absolute Gasteiger partial charge is 0.153 e. The van der Waals surface area contributed by atoms with Crippen LogP contribution in [-0.4, -0.2) is 9.97 Å². The number of hydrogen-bond acceptors (Lipinski definition) is 1. The molecule has 0 saturated heterocycles. The van der Waals surface area contributed by atoms with E-state index < -0.39 is 0 Å². The van der Waals surface area contributed by atoms with E-state index in [1.54, 1.807) is 0 Å². The number of hydrogen-bond donors (Lipinski definition) is 1. The number of pyridine rings is 1. The molecule has 1 N–H and O–H groups in total. The second kappa shape index (κ2) is 2.72. The number of benzene rings is 1. The van der Waals surface area contributed by atoms with Crippen molar-refractivity contribution in [2.24, 2.45) is 0 Å². The first-order valence-electron chi connectivity index (χ1n) is 4.37. The van der Waals surface area contributed by atoms with Crippen LogP contribution in [0.1, 0.15) is 0 Å². The summed E-state index contributed by atoms with van der Waals surface area (Å²) in [6.07, 6.45) is 1.88. The predicted molar refractivity (Wildman–Crippen MR) is 58.6 cm³/mol. The second-order valence-electron chi connectivity index (χ2n) is 3.19. The van der Waals surface area contributed by atoms with Crippen molar-refractivity contribution in [1.29, 1.82) is 0 Å². The van der Waals surface area contributed by atoms with Crippen molar-refractivity contribution in [3.05, 3.63) is 41.7 Å². The molecule has 0 radical (unpaired) electrons. The Morgan fingerprint density at radius 3 is 2.86 bits per heavy atom. The van der Waals surface area contributed by atoms with E-state index in [1.807, 2.05) is 30.5 Å². The average Bonchev–Trinajstić information content (AvgIpc) is 2.67. The molecule has 2 nitrogen and oxygen atoms in total. The van der Waals surface area contributed by atoms with Gasteiger partial charge in [-0.15, -0.1) is 0 Å². The molecule has 2 heterocycles. The first-order valence-corrected chi connectivity index (χ1v) is 4.75. The molecule has 0 saturated carbocycles. The van der Waals surface area contributed by atoms with E-state index in [4.69, 9.17) is 11.6 Å². The minimum absolute atomic E-state index is 0.531. The Balaban J connectivity index is 2.66. The molecule has 0 spiro atoms. The zero-order valence-corrected chi connectivity index (χ0v) is 8.05. The number of aromatic nitrogens is 2. The van der Waals surface area contributed by atoms with Crippen LogP contribution in [0.4, 0.5) is 0 Å². The van der Waals surface area contributed by atoms with E-state index in [1.165, 1.54) is 0 Å². The van der Waals surface area contributed by atoms with Crippen molar-refractivity contribution in [3.8, 4) is 0 Å². The molecule has 0 aliphatic heterocycles. The normalized spacial score (nSPS) is 11.2. The van der Waals surface area contributed by atoms with Gasteiger partial charge < -0.3 is 4.98 Å². The SMILES string of the molecule is Clc1nc2ccccc2c2cc[nH]c12. The molecule has 3 heteroatoms. The summed E-state index contributed by atoms with van der Waals surface area (Å²) in [5.74, 6) is 0. The number of aromatic amines is 1. The minimum atomic E-state index is 0.531. The van der Waals surface area contributed by atoms with Gasteiger partial charge in [0.15, 0.2) is 5.15 Å². The standard InChI is InChI=1S/C11H7ClN2/c12-11-10-8(5-6-13-10)7-3-1-2-4-9(7)14-11/h1-6,13H. The van der Waals surface area contributed by atoms with E-state index in [-0.39, 0.29) is 0 Å². The molecule has 68 valence electrons. The van der Waals surface area contributed by atoms with Gasteiger partial charge in [-0.3, -0.25) is 0 Å². The Hall–Kier alpha value is -1.54. The molecule has 3 aromatic rings. The maximum atomic E-state index is 6.04. The Labute approximate surface area is 85.5 Å². The highest BCUT2D eigenvalue weighted by Gasteiger charge is 2.05. The van der Waals surface area contributed by atoms with Gasteiger partial charge >= 0.3 is 0 Å². The van der Waals surface area contributed by atoms with Crippen LogP contribution in [0.3, 0.4) is 0 Å². The van der Waals surface area contributed by atoms with Crippen LogP contribution >= 0.6 is 11.6 Å². The third-order valence-corrected chi connectivity index (χ3v) is 2.64. The Bertz CT molecular complexity index is 613. The first-order chi connectivity index (χ1) is 6.86. The fraction of sp³-hybridized carbons (Fsp3) is 0. The third kappa shape index (κ3) is 0.946. The highest BCUT2D eigenvalue weighted by Crippen LogP contribution is 2.27. The van der Waals surface area contributed by atoms with Crippen LogP contribution < -0.4 is 0 Å². The van der Waals surface area contributed by atoms with Crippen molar-refractivity contribution >= 4 is 33.4 Å². The molecule has 0 atom stereocenters. The minimum Gasteiger partial charge on any atom is -0.359 e. The Morgan fingerprint density at radius 2 is 1.93 bits per heavy atom. The zero-order valence-electron chi connectivity index (χ0n) is 7.29. The Kier molecular flexibility index (Phi) is 1.52. The summed E-state index contributed by atoms with van der Waals surface area (Å²) >= 11 is 6.04. The number of H-pyrrole nitrogens is 1. The first kappa shape index (κ1) is 7.83. The zero-order chi connectivity index (χ0) is 9.54. The largest absolute Gasteiger partial charge is 0.359 e. The number of halogens is 1. The molecule has 0 unspecified atom stereocenters. The number of fused-ring (bicyclic) bond motifs is 3. The predicted octanol–water partition coefficient (Wildman–Crippen LogP) is 3.37. The molecule has 0 aliphatic carbocycles. The molecule has 2 aromatic heterocycles. The van der Waals surface area contributed by atoms with Crippen molar-refractivity contribution in [2.45, 2.75) is 0 Å². The number of rotatable bonds is 0. The average molecular weight is 203 g/mol. The van der Waals surface area contributed by atoms with Crippen LogP contribution in [0, 0.1) is 0 Å². The molecule has 1 aromatic carbocycles. The molecule has 0 fully saturated rings. The van der Waals surface area contributed by atoms with Gasteiger partial charge in [0, 0.05) is 17.0 Å². The van der Waals surface area contributed by atoms with Gasteiger partial charge in [-0.1, -0.05) is 29.8 Å². The van der Waals surface area contributed by atoms with Crippen molar-refractivity contribution in [1.82, 2.24) is 9.97 Å². The van der Waals surface area contributed by atoms with Gasteiger partial charge in [0.25, 0.3) is 0 Å². The van der Waals surface area contributed by atoms with Gasteiger partial charge in [-0.2, -0.15) is 0 Å². The second-order valence-corrected chi connectivity index (χ2v) is 3.54. The van der Waals surface area contributed by atoms with Gasteiger partial charge in [-0.05, 0) is 12.1 Å². The number of nitrogens with one attached hydrogen (secondary N) is 1. The lowest BCUT2D eigenvalue weighted by atomic mass is 10.1. The van der Waals surface area contributed by atoms with E-state index in [9.17, 15) is 0 Å². The van der Waals surface area contributed by atoms with E-state index in [0.29, 0.717) is 5.15 Å². The molecule has 0 bridgehead atoms. The van der Waals surface area contributed by atoms with Crippen LogP contribution in [0.2, 0.25) is 5.15 Å². The third-order valence-electron chi connectivity index (χ3n) is 2.37. The molecule has 0 aliphatic rings. The van der Waals surface area contributed by atoms with Crippen molar-refractivity contribution in [2.75, 3.05) is 0 Å². The maximum Gasteiger partial charge on any atom is 0.153 e. The Morgan fingerprint density at radius 1 is 1.07 bits per heavy atom. The fourth-order valence-corrected chi connectivity index (χ4v) is 1.97. The lowest BCUT2D eigenvalue weighted by molar-refractivity contribution is 1.39. The molecule has 0 amide bonds. The monoisotopic (exact) mass is 202 g/mol. The van der Waals surface area contributed by atoms with Crippen molar-refractivity contribution < 1.29 is 0 Å². The molecule has 3 rings (SSSR count).